The second kappa shape index (κ2) is 7.65. The molecule has 0 rings (SSSR count). The monoisotopic (exact) mass is 452 g/mol. The van der Waals surface area contributed by atoms with E-state index in [0.29, 0.717) is 0 Å². The van der Waals surface area contributed by atoms with Gasteiger partial charge in [-0.1, -0.05) is 31.9 Å². The van der Waals surface area contributed by atoms with Crippen molar-refractivity contribution < 1.29 is 45.4 Å². The minimum Gasteiger partial charge on any atom is -0.458 e. The van der Waals surface area contributed by atoms with Crippen LogP contribution in [-0.4, -0.2) is 53.6 Å². The third-order valence-electron chi connectivity index (χ3n) is 1.97. The fourth-order valence-electron chi connectivity index (χ4n) is 0.868. The predicted octanol–water partition coefficient (Wildman–Crippen LogP) is 2.77. The highest BCUT2D eigenvalue weighted by Crippen LogP contribution is 2.46. The SMILES string of the molecule is O=C(CBr)OCC(F)(F)C(F)(F)C(F)(F)COC(=O)CBr. The zero-order valence-electron chi connectivity index (χ0n) is 9.99. The van der Waals surface area contributed by atoms with E-state index in [1.807, 2.05) is 0 Å². The van der Waals surface area contributed by atoms with Crippen molar-refractivity contribution in [3.05, 3.63) is 0 Å². The van der Waals surface area contributed by atoms with Gasteiger partial charge in [0.1, 0.15) is 10.7 Å². The number of carbonyl (C=O) groups excluding carboxylic acids is 2. The molecule has 0 N–H and O–H groups in total. The molecule has 0 bridgehead atoms. The number of hydrogen-bond donors (Lipinski definition) is 0. The Bertz CT molecular complexity index is 356. The Morgan fingerprint density at radius 3 is 1.29 bits per heavy atom. The number of ether oxygens (including phenoxy) is 2. The van der Waals surface area contributed by atoms with E-state index in [4.69, 9.17) is 0 Å². The molecule has 0 heterocycles. The second-order valence-electron chi connectivity index (χ2n) is 3.57. The van der Waals surface area contributed by atoms with E-state index in [1.165, 1.54) is 0 Å². The summed E-state index contributed by atoms with van der Waals surface area (Å²) in [6, 6.07) is 0. The van der Waals surface area contributed by atoms with Crippen LogP contribution in [0.25, 0.3) is 0 Å². The third-order valence-corrected chi connectivity index (χ3v) is 2.88. The lowest BCUT2D eigenvalue weighted by Gasteiger charge is -2.31. The molecule has 0 amide bonds. The van der Waals surface area contributed by atoms with E-state index in [9.17, 15) is 35.9 Å². The normalized spacial score (nSPS) is 13.0. The van der Waals surface area contributed by atoms with E-state index in [0.717, 1.165) is 0 Å². The van der Waals surface area contributed by atoms with Crippen molar-refractivity contribution in [2.75, 3.05) is 23.9 Å². The highest BCUT2D eigenvalue weighted by Gasteiger charge is 2.72. The smallest absolute Gasteiger partial charge is 0.378 e. The highest BCUT2D eigenvalue weighted by atomic mass is 79.9. The topological polar surface area (TPSA) is 52.6 Å². The van der Waals surface area contributed by atoms with Gasteiger partial charge in [-0.2, -0.15) is 26.3 Å². The summed E-state index contributed by atoms with van der Waals surface area (Å²) in [7, 11) is 0. The molecule has 0 saturated carbocycles. The summed E-state index contributed by atoms with van der Waals surface area (Å²) in [6.07, 6.45) is 0. The summed E-state index contributed by atoms with van der Waals surface area (Å²) in [6.45, 7) is -4.49. The van der Waals surface area contributed by atoms with Gasteiger partial charge in [0.05, 0.1) is 0 Å². The van der Waals surface area contributed by atoms with Crippen molar-refractivity contribution >= 4 is 43.8 Å². The van der Waals surface area contributed by atoms with Crippen molar-refractivity contribution in [2.24, 2.45) is 0 Å². The van der Waals surface area contributed by atoms with E-state index >= 15 is 0 Å². The summed E-state index contributed by atoms with van der Waals surface area (Å²) >= 11 is 5.01. The molecule has 124 valence electrons. The van der Waals surface area contributed by atoms with Crippen LogP contribution in [0.5, 0.6) is 0 Å². The molecule has 0 aliphatic rings. The molecule has 0 aromatic rings. The molecule has 0 fully saturated rings. The quantitative estimate of drug-likeness (QED) is 0.322. The number of carbonyl (C=O) groups is 2. The summed E-state index contributed by atoms with van der Waals surface area (Å²) < 4.78 is 86.3. The average Bonchev–Trinajstić information content (AvgIpc) is 2.41. The van der Waals surface area contributed by atoms with Crippen LogP contribution in [0.1, 0.15) is 0 Å². The van der Waals surface area contributed by atoms with Crippen LogP contribution < -0.4 is 0 Å². The van der Waals surface area contributed by atoms with Crippen molar-refractivity contribution in [1.29, 1.82) is 0 Å². The maximum Gasteiger partial charge on any atom is 0.378 e. The van der Waals surface area contributed by atoms with Gasteiger partial charge >= 0.3 is 29.7 Å². The van der Waals surface area contributed by atoms with Crippen LogP contribution in [0, 0.1) is 0 Å². The Morgan fingerprint density at radius 2 is 1.05 bits per heavy atom. The zero-order chi connectivity index (χ0) is 16.9. The molecule has 0 atom stereocenters. The van der Waals surface area contributed by atoms with Crippen LogP contribution in [0.15, 0.2) is 0 Å². The molecule has 0 unspecified atom stereocenters. The Hall–Kier alpha value is -0.520. The van der Waals surface area contributed by atoms with Crippen LogP contribution in [0.2, 0.25) is 0 Å². The minimum atomic E-state index is -5.89. The third kappa shape index (κ3) is 5.31. The summed E-state index contributed by atoms with van der Waals surface area (Å²) in [4.78, 5) is 21.2. The number of hydrogen-bond acceptors (Lipinski definition) is 4. The van der Waals surface area contributed by atoms with Crippen LogP contribution >= 0.6 is 31.9 Å². The molecule has 0 aliphatic heterocycles. The Kier molecular flexibility index (Phi) is 7.47. The van der Waals surface area contributed by atoms with E-state index in [1.54, 1.807) is 0 Å². The van der Waals surface area contributed by atoms with E-state index in [2.05, 4.69) is 41.3 Å². The maximum atomic E-state index is 13.2. The molecule has 21 heavy (non-hydrogen) atoms. The number of alkyl halides is 8. The molecular formula is C9H8Br2F6O4. The Balaban J connectivity index is 4.95. The first-order chi connectivity index (χ1) is 9.41. The van der Waals surface area contributed by atoms with Gasteiger partial charge < -0.3 is 9.47 Å². The van der Waals surface area contributed by atoms with Gasteiger partial charge in [-0.05, 0) is 0 Å². The molecule has 0 aromatic heterocycles. The molecule has 0 radical (unpaired) electrons. The fraction of sp³-hybridized carbons (Fsp3) is 0.778. The van der Waals surface area contributed by atoms with Crippen molar-refractivity contribution in [2.45, 2.75) is 17.8 Å². The minimum absolute atomic E-state index is 0.575. The van der Waals surface area contributed by atoms with Crippen LogP contribution in [-0.2, 0) is 19.1 Å². The first-order valence-corrected chi connectivity index (χ1v) is 7.22. The maximum absolute atomic E-state index is 13.2. The lowest BCUT2D eigenvalue weighted by Crippen LogP contribution is -2.58. The first kappa shape index (κ1) is 20.5. The van der Waals surface area contributed by atoms with Crippen LogP contribution in [0.3, 0.4) is 0 Å². The molecule has 0 spiro atoms. The molecule has 0 aromatic carbocycles. The molecule has 12 heteroatoms. The average molecular weight is 454 g/mol. The van der Waals surface area contributed by atoms with E-state index < -0.39 is 53.6 Å². The van der Waals surface area contributed by atoms with Gasteiger partial charge in [0.25, 0.3) is 0 Å². The lowest BCUT2D eigenvalue weighted by atomic mass is 10.1. The number of rotatable bonds is 8. The van der Waals surface area contributed by atoms with Gasteiger partial charge in [-0.3, -0.25) is 9.59 Å². The molecule has 0 saturated heterocycles. The zero-order valence-corrected chi connectivity index (χ0v) is 13.2. The van der Waals surface area contributed by atoms with Gasteiger partial charge in [0.15, 0.2) is 13.2 Å². The fourth-order valence-corrected chi connectivity index (χ4v) is 1.19. The summed E-state index contributed by atoms with van der Waals surface area (Å²) in [5.74, 6) is -19.3. The van der Waals surface area contributed by atoms with E-state index in [-0.39, 0.29) is 0 Å². The number of halogens is 8. The standard InChI is InChI=1S/C9H8Br2F6O4/c10-1-5(18)20-3-7(12,13)9(16,17)8(14,15)4-21-6(19)2-11/h1-4H2. The molecular weight excluding hydrogens is 446 g/mol. The molecule has 4 nitrogen and oxygen atoms in total. The highest BCUT2D eigenvalue weighted by molar-refractivity contribution is 9.09. The van der Waals surface area contributed by atoms with Gasteiger partial charge in [-0.25, -0.2) is 0 Å². The van der Waals surface area contributed by atoms with Gasteiger partial charge in [0, 0.05) is 0 Å². The second-order valence-corrected chi connectivity index (χ2v) is 4.69. The van der Waals surface area contributed by atoms with Gasteiger partial charge in [0.2, 0.25) is 0 Å². The Labute approximate surface area is 131 Å². The lowest BCUT2D eigenvalue weighted by molar-refractivity contribution is -0.324. The Morgan fingerprint density at radius 1 is 0.762 bits per heavy atom. The van der Waals surface area contributed by atoms with Crippen molar-refractivity contribution in [3.8, 4) is 0 Å². The number of esters is 2. The van der Waals surface area contributed by atoms with Crippen molar-refractivity contribution in [1.82, 2.24) is 0 Å². The first-order valence-electron chi connectivity index (χ1n) is 4.98. The van der Waals surface area contributed by atoms with Gasteiger partial charge in [-0.15, -0.1) is 0 Å². The molecule has 0 aliphatic carbocycles. The summed E-state index contributed by atoms with van der Waals surface area (Å²) in [5.41, 5.74) is 0. The largest absolute Gasteiger partial charge is 0.458 e. The van der Waals surface area contributed by atoms with Crippen molar-refractivity contribution in [3.63, 3.8) is 0 Å². The predicted molar refractivity (Wildman–Crippen MR) is 64.3 cm³/mol. The summed E-state index contributed by atoms with van der Waals surface area (Å²) in [5, 5.41) is -1.15. The van der Waals surface area contributed by atoms with Crippen LogP contribution in [0.4, 0.5) is 26.3 Å².